The molecule has 1 fully saturated rings. The predicted octanol–water partition coefficient (Wildman–Crippen LogP) is 1.41. The third-order valence-corrected chi connectivity index (χ3v) is 3.36. The predicted molar refractivity (Wildman–Crippen MR) is 71.2 cm³/mol. The van der Waals surface area contributed by atoms with Gasteiger partial charge in [-0.2, -0.15) is 5.10 Å². The Morgan fingerprint density at radius 3 is 3.20 bits per heavy atom. The molecule has 2 aromatic heterocycles. The molecule has 0 radical (unpaired) electrons. The molecule has 1 aliphatic rings. The minimum atomic E-state index is -0.0340. The summed E-state index contributed by atoms with van der Waals surface area (Å²) >= 11 is 0. The van der Waals surface area contributed by atoms with E-state index in [1.165, 1.54) is 12.5 Å². The number of aromatic nitrogens is 2. The number of amides is 1. The number of rotatable bonds is 3. The fourth-order valence-electron chi connectivity index (χ4n) is 2.38. The second kappa shape index (κ2) is 5.92. The first kappa shape index (κ1) is 12.9. The van der Waals surface area contributed by atoms with E-state index in [1.807, 2.05) is 21.8 Å². The van der Waals surface area contributed by atoms with Crippen molar-refractivity contribution in [2.24, 2.45) is 0 Å². The van der Waals surface area contributed by atoms with Crippen LogP contribution >= 0.6 is 0 Å². The van der Waals surface area contributed by atoms with Crippen molar-refractivity contribution in [3.8, 4) is 0 Å². The molecule has 3 heterocycles. The lowest BCUT2D eigenvalue weighted by molar-refractivity contribution is 0.0367. The largest absolute Gasteiger partial charge is 0.472 e. The molecule has 1 unspecified atom stereocenters. The van der Waals surface area contributed by atoms with Crippen LogP contribution in [0.2, 0.25) is 0 Å². The molecule has 2 aromatic rings. The maximum atomic E-state index is 12.3. The topological polar surface area (TPSA) is 60.5 Å². The standard InChI is InChI=1S/C14H17N3O3/c18-14(12-3-8-19-11-12)16-5-2-7-20-13(9-16)10-17-6-1-4-15-17/h1,3-4,6,8,11,13H,2,5,7,9-10H2. The number of carbonyl (C=O) groups is 1. The highest BCUT2D eigenvalue weighted by Gasteiger charge is 2.24. The molecule has 0 spiro atoms. The first-order valence-corrected chi connectivity index (χ1v) is 6.73. The Bertz CT molecular complexity index is 536. The SMILES string of the molecule is O=C(c1ccoc1)N1CCCOC(Cn2cccn2)C1. The Morgan fingerprint density at radius 1 is 1.50 bits per heavy atom. The van der Waals surface area contributed by atoms with E-state index < -0.39 is 0 Å². The van der Waals surface area contributed by atoms with Gasteiger partial charge in [0.15, 0.2) is 0 Å². The molecular formula is C14H17N3O3. The Morgan fingerprint density at radius 2 is 2.45 bits per heavy atom. The van der Waals surface area contributed by atoms with E-state index in [0.29, 0.717) is 31.8 Å². The number of ether oxygens (including phenoxy) is 1. The molecule has 0 bridgehead atoms. The molecule has 1 saturated heterocycles. The number of carbonyl (C=O) groups excluding carboxylic acids is 1. The van der Waals surface area contributed by atoms with Gasteiger partial charge in [-0.3, -0.25) is 9.48 Å². The van der Waals surface area contributed by atoms with Crippen molar-refractivity contribution in [2.45, 2.75) is 19.1 Å². The summed E-state index contributed by atoms with van der Waals surface area (Å²) < 4.78 is 12.6. The molecule has 1 amide bonds. The van der Waals surface area contributed by atoms with E-state index in [4.69, 9.17) is 9.15 Å². The summed E-state index contributed by atoms with van der Waals surface area (Å²) in [6.45, 7) is 2.60. The molecule has 106 valence electrons. The van der Waals surface area contributed by atoms with E-state index >= 15 is 0 Å². The van der Waals surface area contributed by atoms with Crippen molar-refractivity contribution in [1.29, 1.82) is 0 Å². The maximum Gasteiger partial charge on any atom is 0.257 e. The van der Waals surface area contributed by atoms with Gasteiger partial charge in [0.2, 0.25) is 0 Å². The van der Waals surface area contributed by atoms with Gasteiger partial charge < -0.3 is 14.1 Å². The Labute approximate surface area is 116 Å². The van der Waals surface area contributed by atoms with E-state index in [9.17, 15) is 4.79 Å². The molecule has 0 aromatic carbocycles. The van der Waals surface area contributed by atoms with Gasteiger partial charge in [0.05, 0.1) is 24.5 Å². The maximum absolute atomic E-state index is 12.3. The van der Waals surface area contributed by atoms with Crippen LogP contribution in [0.5, 0.6) is 0 Å². The van der Waals surface area contributed by atoms with Crippen molar-refractivity contribution in [3.05, 3.63) is 42.6 Å². The van der Waals surface area contributed by atoms with Crippen LogP contribution in [0, 0.1) is 0 Å². The van der Waals surface area contributed by atoms with Gasteiger partial charge in [0, 0.05) is 32.1 Å². The second-order valence-electron chi connectivity index (χ2n) is 4.84. The summed E-state index contributed by atoms with van der Waals surface area (Å²) in [6, 6.07) is 3.57. The summed E-state index contributed by atoms with van der Waals surface area (Å²) in [6.07, 6.45) is 7.45. The van der Waals surface area contributed by atoms with Crippen molar-refractivity contribution in [2.75, 3.05) is 19.7 Å². The third-order valence-electron chi connectivity index (χ3n) is 3.36. The number of hydrogen-bond donors (Lipinski definition) is 0. The quantitative estimate of drug-likeness (QED) is 0.849. The molecular weight excluding hydrogens is 258 g/mol. The molecule has 6 heteroatoms. The molecule has 6 nitrogen and oxygen atoms in total. The number of nitrogens with zero attached hydrogens (tertiary/aromatic N) is 3. The van der Waals surface area contributed by atoms with Gasteiger partial charge in [-0.05, 0) is 18.6 Å². The summed E-state index contributed by atoms with van der Waals surface area (Å²) in [5, 5.41) is 4.18. The van der Waals surface area contributed by atoms with Crippen LogP contribution in [-0.2, 0) is 11.3 Å². The van der Waals surface area contributed by atoms with Crippen LogP contribution in [0.15, 0.2) is 41.5 Å². The highest BCUT2D eigenvalue weighted by atomic mass is 16.5. The van der Waals surface area contributed by atoms with Crippen LogP contribution in [0.1, 0.15) is 16.8 Å². The summed E-state index contributed by atoms with van der Waals surface area (Å²) in [4.78, 5) is 14.2. The van der Waals surface area contributed by atoms with E-state index in [-0.39, 0.29) is 12.0 Å². The van der Waals surface area contributed by atoms with E-state index in [0.717, 1.165) is 6.42 Å². The average molecular weight is 275 g/mol. The van der Waals surface area contributed by atoms with Crippen LogP contribution < -0.4 is 0 Å². The fraction of sp³-hybridized carbons (Fsp3) is 0.429. The first-order valence-electron chi connectivity index (χ1n) is 6.73. The lowest BCUT2D eigenvalue weighted by Crippen LogP contribution is -2.38. The van der Waals surface area contributed by atoms with Crippen LogP contribution in [0.4, 0.5) is 0 Å². The zero-order valence-electron chi connectivity index (χ0n) is 11.1. The van der Waals surface area contributed by atoms with Gasteiger partial charge in [0.1, 0.15) is 6.26 Å². The normalized spacial score (nSPS) is 19.8. The van der Waals surface area contributed by atoms with Crippen molar-refractivity contribution < 1.29 is 13.9 Å². The zero-order valence-corrected chi connectivity index (χ0v) is 11.1. The van der Waals surface area contributed by atoms with Crippen molar-refractivity contribution in [3.63, 3.8) is 0 Å². The van der Waals surface area contributed by atoms with E-state index in [1.54, 1.807) is 12.3 Å². The summed E-state index contributed by atoms with van der Waals surface area (Å²) in [5.74, 6) is -0.00489. The van der Waals surface area contributed by atoms with E-state index in [2.05, 4.69) is 5.10 Å². The summed E-state index contributed by atoms with van der Waals surface area (Å²) in [5.41, 5.74) is 0.588. The average Bonchev–Trinajstić information content (AvgIpc) is 3.10. The molecule has 0 saturated carbocycles. The summed E-state index contributed by atoms with van der Waals surface area (Å²) in [7, 11) is 0. The first-order chi connectivity index (χ1) is 9.83. The van der Waals surface area contributed by atoms with Gasteiger partial charge in [0.25, 0.3) is 5.91 Å². The van der Waals surface area contributed by atoms with Gasteiger partial charge in [-0.15, -0.1) is 0 Å². The molecule has 3 rings (SSSR count). The van der Waals surface area contributed by atoms with Crippen molar-refractivity contribution in [1.82, 2.24) is 14.7 Å². The minimum absolute atomic E-state index is 0.00489. The highest BCUT2D eigenvalue weighted by Crippen LogP contribution is 2.12. The molecule has 1 atom stereocenters. The Balaban J connectivity index is 1.67. The van der Waals surface area contributed by atoms with Gasteiger partial charge in [-0.1, -0.05) is 0 Å². The molecule has 20 heavy (non-hydrogen) atoms. The molecule has 0 aliphatic carbocycles. The lowest BCUT2D eigenvalue weighted by Gasteiger charge is -2.23. The van der Waals surface area contributed by atoms with Crippen LogP contribution in [-0.4, -0.2) is 46.4 Å². The zero-order chi connectivity index (χ0) is 13.8. The number of furan rings is 1. The number of hydrogen-bond acceptors (Lipinski definition) is 4. The van der Waals surface area contributed by atoms with Gasteiger partial charge in [-0.25, -0.2) is 0 Å². The highest BCUT2D eigenvalue weighted by molar-refractivity contribution is 5.93. The lowest BCUT2D eigenvalue weighted by atomic mass is 10.2. The Kier molecular flexibility index (Phi) is 3.83. The fourth-order valence-corrected chi connectivity index (χ4v) is 2.38. The molecule has 1 aliphatic heterocycles. The van der Waals surface area contributed by atoms with Gasteiger partial charge >= 0.3 is 0 Å². The second-order valence-corrected chi connectivity index (χ2v) is 4.84. The Hall–Kier alpha value is -2.08. The molecule has 0 N–H and O–H groups in total. The van der Waals surface area contributed by atoms with Crippen LogP contribution in [0.3, 0.4) is 0 Å². The monoisotopic (exact) mass is 275 g/mol. The third kappa shape index (κ3) is 2.91. The smallest absolute Gasteiger partial charge is 0.257 e. The van der Waals surface area contributed by atoms with Crippen LogP contribution in [0.25, 0.3) is 0 Å². The minimum Gasteiger partial charge on any atom is -0.472 e. The van der Waals surface area contributed by atoms with Crippen molar-refractivity contribution >= 4 is 5.91 Å².